The van der Waals surface area contributed by atoms with E-state index in [4.69, 9.17) is 0 Å². The van der Waals surface area contributed by atoms with Gasteiger partial charge < -0.3 is 9.47 Å². The van der Waals surface area contributed by atoms with Crippen LogP contribution in [0.4, 0.5) is 4.39 Å². The quantitative estimate of drug-likeness (QED) is 0.541. The Morgan fingerprint density at radius 2 is 1.75 bits per heavy atom. The average molecular weight is 374 g/mol. The first-order chi connectivity index (χ1) is 13.5. The van der Waals surface area contributed by atoms with E-state index in [2.05, 4.69) is 9.97 Å². The van der Waals surface area contributed by atoms with Crippen LogP contribution < -0.4 is 0 Å². The second kappa shape index (κ2) is 6.88. The van der Waals surface area contributed by atoms with E-state index in [1.807, 2.05) is 36.0 Å². The van der Waals surface area contributed by atoms with Crippen LogP contribution in [-0.2, 0) is 7.05 Å². The van der Waals surface area contributed by atoms with Gasteiger partial charge in [0.25, 0.3) is 5.91 Å². The summed E-state index contributed by atoms with van der Waals surface area (Å²) in [6.45, 7) is 0. The molecule has 0 aliphatic carbocycles. The monoisotopic (exact) mass is 374 g/mol. The van der Waals surface area contributed by atoms with Crippen LogP contribution >= 0.6 is 0 Å². The molecule has 28 heavy (non-hydrogen) atoms. The van der Waals surface area contributed by atoms with Crippen LogP contribution in [0.5, 0.6) is 0 Å². The molecule has 4 rings (SSSR count). The lowest BCUT2D eigenvalue weighted by Crippen LogP contribution is -2.21. The van der Waals surface area contributed by atoms with Crippen molar-refractivity contribution in [2.45, 2.75) is 0 Å². The van der Waals surface area contributed by atoms with E-state index in [1.54, 1.807) is 49.6 Å². The van der Waals surface area contributed by atoms with Gasteiger partial charge in [-0.1, -0.05) is 18.2 Å². The van der Waals surface area contributed by atoms with Crippen molar-refractivity contribution in [3.8, 4) is 22.5 Å². The molecule has 5 nitrogen and oxygen atoms in total. The van der Waals surface area contributed by atoms with Gasteiger partial charge in [-0.25, -0.2) is 14.4 Å². The first-order valence-corrected chi connectivity index (χ1v) is 8.84. The van der Waals surface area contributed by atoms with Gasteiger partial charge in [0.15, 0.2) is 5.82 Å². The molecule has 0 fully saturated rings. The van der Waals surface area contributed by atoms with Gasteiger partial charge in [-0.15, -0.1) is 0 Å². The maximum atomic E-state index is 14.0. The number of nitrogens with zero attached hydrogens (tertiary/aromatic N) is 4. The third-order valence-electron chi connectivity index (χ3n) is 4.72. The highest BCUT2D eigenvalue weighted by Crippen LogP contribution is 2.30. The molecule has 0 radical (unpaired) electrons. The molecule has 2 aromatic heterocycles. The first-order valence-electron chi connectivity index (χ1n) is 8.84. The summed E-state index contributed by atoms with van der Waals surface area (Å²) in [5.41, 5.74) is 3.49. The lowest BCUT2D eigenvalue weighted by atomic mass is 10.1. The number of hydrogen-bond acceptors (Lipinski definition) is 3. The third kappa shape index (κ3) is 3.03. The maximum Gasteiger partial charge on any atom is 0.253 e. The van der Waals surface area contributed by atoms with Crippen LogP contribution in [0.15, 0.2) is 61.1 Å². The number of carbonyl (C=O) groups excluding carboxylic acids is 1. The Morgan fingerprint density at radius 1 is 1.04 bits per heavy atom. The molecular formula is C22H19FN4O. The number of carbonyl (C=O) groups is 1. The van der Waals surface area contributed by atoms with E-state index in [0.717, 1.165) is 16.5 Å². The number of hydrogen-bond donors (Lipinski definition) is 0. The molecule has 2 aromatic carbocycles. The van der Waals surface area contributed by atoms with Crippen molar-refractivity contribution in [2.75, 3.05) is 14.1 Å². The second-order valence-corrected chi connectivity index (χ2v) is 6.86. The van der Waals surface area contributed by atoms with Crippen LogP contribution in [0, 0.1) is 5.82 Å². The Balaban J connectivity index is 1.79. The fourth-order valence-corrected chi connectivity index (χ4v) is 3.26. The summed E-state index contributed by atoms with van der Waals surface area (Å²) in [4.78, 5) is 22.8. The smallest absolute Gasteiger partial charge is 0.253 e. The zero-order valence-electron chi connectivity index (χ0n) is 15.8. The van der Waals surface area contributed by atoms with Gasteiger partial charge >= 0.3 is 0 Å². The summed E-state index contributed by atoms with van der Waals surface area (Å²) < 4.78 is 16.0. The molecule has 2 heterocycles. The van der Waals surface area contributed by atoms with Crippen molar-refractivity contribution in [1.29, 1.82) is 0 Å². The molecule has 6 heteroatoms. The molecule has 0 saturated heterocycles. The Labute approximate surface area is 162 Å². The van der Waals surface area contributed by atoms with Gasteiger partial charge in [-0.2, -0.15) is 0 Å². The van der Waals surface area contributed by atoms with Gasteiger partial charge in [0, 0.05) is 72.9 Å². The molecule has 0 atom stereocenters. The minimum Gasteiger partial charge on any atom is -0.350 e. The van der Waals surface area contributed by atoms with E-state index >= 15 is 0 Å². The summed E-state index contributed by atoms with van der Waals surface area (Å²) in [5, 5.41) is 0.897. The summed E-state index contributed by atoms with van der Waals surface area (Å²) >= 11 is 0. The Hall–Kier alpha value is -3.54. The Kier molecular flexibility index (Phi) is 4.39. The topological polar surface area (TPSA) is 51.0 Å². The molecule has 0 bridgehead atoms. The average Bonchev–Trinajstić information content (AvgIpc) is 3.04. The predicted octanol–water partition coefficient (Wildman–Crippen LogP) is 4.14. The number of benzene rings is 2. The zero-order valence-corrected chi connectivity index (χ0v) is 15.8. The minimum absolute atomic E-state index is 0.0625. The summed E-state index contributed by atoms with van der Waals surface area (Å²) in [6.07, 6.45) is 5.18. The van der Waals surface area contributed by atoms with Crippen LogP contribution in [0.3, 0.4) is 0 Å². The molecule has 0 N–H and O–H groups in total. The number of amides is 1. The van der Waals surface area contributed by atoms with Crippen molar-refractivity contribution in [2.24, 2.45) is 7.05 Å². The molecule has 1 amide bonds. The summed E-state index contributed by atoms with van der Waals surface area (Å²) in [7, 11) is 5.39. The summed E-state index contributed by atoms with van der Waals surface area (Å²) in [6, 6.07) is 12.1. The van der Waals surface area contributed by atoms with Crippen LogP contribution in [-0.4, -0.2) is 39.4 Å². The number of aromatic nitrogens is 3. The molecule has 0 aliphatic rings. The Bertz CT molecular complexity index is 1180. The standard InChI is InChI=1S/C22H19FN4O/c1-26(2)22(28)14-8-9-20-17(10-14)18(13-27(20)3)21-24-11-15(12-25-21)16-6-4-5-7-19(16)23/h4-13H,1-3H3. The lowest BCUT2D eigenvalue weighted by Gasteiger charge is -2.10. The predicted molar refractivity (Wildman–Crippen MR) is 107 cm³/mol. The minimum atomic E-state index is -0.309. The van der Waals surface area contributed by atoms with Crippen molar-refractivity contribution >= 4 is 16.8 Å². The normalized spacial score (nSPS) is 11.0. The van der Waals surface area contributed by atoms with E-state index in [-0.39, 0.29) is 11.7 Å². The van der Waals surface area contributed by atoms with E-state index in [1.165, 1.54) is 6.07 Å². The summed E-state index contributed by atoms with van der Waals surface area (Å²) in [5.74, 6) is 0.156. The molecule has 0 saturated carbocycles. The van der Waals surface area contributed by atoms with Crippen molar-refractivity contribution in [3.05, 3.63) is 72.4 Å². The van der Waals surface area contributed by atoms with Gasteiger partial charge in [0.2, 0.25) is 0 Å². The van der Waals surface area contributed by atoms with E-state index in [9.17, 15) is 9.18 Å². The first kappa shape index (κ1) is 17.9. The van der Waals surface area contributed by atoms with Crippen LogP contribution in [0.25, 0.3) is 33.4 Å². The SMILES string of the molecule is CN(C)C(=O)c1ccc2c(c1)c(-c1ncc(-c3ccccc3F)cn1)cn2C. The van der Waals surface area contributed by atoms with Crippen LogP contribution in [0.1, 0.15) is 10.4 Å². The van der Waals surface area contributed by atoms with E-state index < -0.39 is 0 Å². The molecule has 0 unspecified atom stereocenters. The van der Waals surface area contributed by atoms with Gasteiger partial charge in [-0.3, -0.25) is 4.79 Å². The fourth-order valence-electron chi connectivity index (χ4n) is 3.26. The number of rotatable bonds is 3. The van der Waals surface area contributed by atoms with Crippen LogP contribution in [0.2, 0.25) is 0 Å². The van der Waals surface area contributed by atoms with Crippen molar-refractivity contribution < 1.29 is 9.18 Å². The van der Waals surface area contributed by atoms with Crippen molar-refractivity contribution in [1.82, 2.24) is 19.4 Å². The largest absolute Gasteiger partial charge is 0.350 e. The highest BCUT2D eigenvalue weighted by molar-refractivity contribution is 6.02. The van der Waals surface area contributed by atoms with Crippen molar-refractivity contribution in [3.63, 3.8) is 0 Å². The number of halogens is 1. The second-order valence-electron chi connectivity index (χ2n) is 6.86. The Morgan fingerprint density at radius 3 is 2.43 bits per heavy atom. The molecular weight excluding hydrogens is 355 g/mol. The fraction of sp³-hybridized carbons (Fsp3) is 0.136. The van der Waals surface area contributed by atoms with E-state index in [0.29, 0.717) is 22.5 Å². The molecule has 4 aromatic rings. The zero-order chi connectivity index (χ0) is 19.8. The highest BCUT2D eigenvalue weighted by Gasteiger charge is 2.15. The number of fused-ring (bicyclic) bond motifs is 1. The molecule has 0 aliphatic heterocycles. The van der Waals surface area contributed by atoms with Gasteiger partial charge in [0.05, 0.1) is 0 Å². The van der Waals surface area contributed by atoms with Gasteiger partial charge in [-0.05, 0) is 24.3 Å². The maximum absolute atomic E-state index is 14.0. The third-order valence-corrected chi connectivity index (χ3v) is 4.72. The van der Waals surface area contributed by atoms with Gasteiger partial charge in [0.1, 0.15) is 5.82 Å². The number of aryl methyl sites for hydroxylation is 1. The molecule has 140 valence electrons. The lowest BCUT2D eigenvalue weighted by molar-refractivity contribution is 0.0828. The molecule has 0 spiro atoms. The highest BCUT2D eigenvalue weighted by atomic mass is 19.1.